The Morgan fingerprint density at radius 1 is 0.729 bits per heavy atom. The molecule has 18 nitrogen and oxygen atoms in total. The van der Waals surface area contributed by atoms with Crippen LogP contribution in [0.25, 0.3) is 0 Å². The highest BCUT2D eigenvalue weighted by Gasteiger charge is 2.35. The molecule has 1 aromatic carbocycles. The third kappa shape index (κ3) is 19.9. The molecule has 0 saturated carbocycles. The van der Waals surface area contributed by atoms with Crippen molar-refractivity contribution < 1.29 is 43.5 Å². The van der Waals surface area contributed by atoms with E-state index in [0.717, 1.165) is 0 Å². The van der Waals surface area contributed by atoms with E-state index >= 15 is 0 Å². The average molecular weight is 868 g/mol. The molecule has 0 aromatic heterocycles. The lowest BCUT2D eigenvalue weighted by Crippen LogP contribution is -2.61. The molecule has 0 spiro atoms. The van der Waals surface area contributed by atoms with Gasteiger partial charge < -0.3 is 54.2 Å². The van der Waals surface area contributed by atoms with Crippen molar-refractivity contribution in [1.29, 1.82) is 0 Å². The van der Waals surface area contributed by atoms with Crippen LogP contribution in [0.4, 0.5) is 0 Å². The van der Waals surface area contributed by atoms with E-state index in [0.29, 0.717) is 37.1 Å². The fourth-order valence-corrected chi connectivity index (χ4v) is 6.46. The number of hydrogen-bond acceptors (Lipinski definition) is 12. The third-order valence-corrected chi connectivity index (χ3v) is 10.5. The molecule has 0 saturated heterocycles. The van der Waals surface area contributed by atoms with Crippen LogP contribution in [-0.2, 0) is 44.8 Å². The van der Waals surface area contributed by atoms with Gasteiger partial charge in [0.15, 0.2) is 0 Å². The molecule has 0 radical (unpaired) electrons. The van der Waals surface area contributed by atoms with Gasteiger partial charge in [0.05, 0.1) is 12.5 Å². The largest absolute Gasteiger partial charge is 0.480 e. The van der Waals surface area contributed by atoms with Gasteiger partial charge in [-0.25, -0.2) is 4.79 Å². The highest BCUT2D eigenvalue weighted by molar-refractivity contribution is 7.98. The molecule has 7 amide bonds. The second kappa shape index (κ2) is 28.1. The number of rotatable bonds is 29. The number of nitrogens with one attached hydrogen (secondary N) is 6. The van der Waals surface area contributed by atoms with Crippen LogP contribution in [0.1, 0.15) is 78.2 Å². The van der Waals surface area contributed by atoms with Crippen molar-refractivity contribution >= 4 is 71.7 Å². The van der Waals surface area contributed by atoms with Crippen molar-refractivity contribution in [2.75, 3.05) is 24.3 Å². The number of amides is 7. The highest BCUT2D eigenvalue weighted by atomic mass is 32.2. The number of nitrogens with two attached hydrogens (primary N) is 3. The summed E-state index contributed by atoms with van der Waals surface area (Å²) in [5, 5.41) is 25.4. The van der Waals surface area contributed by atoms with Gasteiger partial charge in [0.2, 0.25) is 41.4 Å². The van der Waals surface area contributed by atoms with Crippen LogP contribution < -0.4 is 49.1 Å². The van der Waals surface area contributed by atoms with Gasteiger partial charge in [0.1, 0.15) is 36.3 Å². The summed E-state index contributed by atoms with van der Waals surface area (Å²) in [5.74, 6) is -6.74. The number of thiol groups is 1. The molecule has 0 bridgehead atoms. The van der Waals surface area contributed by atoms with Gasteiger partial charge in [0.25, 0.3) is 0 Å². The summed E-state index contributed by atoms with van der Waals surface area (Å²) in [7, 11) is 0. The van der Waals surface area contributed by atoms with E-state index in [1.807, 2.05) is 13.8 Å². The maximum atomic E-state index is 14.2. The van der Waals surface area contributed by atoms with E-state index in [4.69, 9.17) is 17.2 Å². The summed E-state index contributed by atoms with van der Waals surface area (Å²) in [4.78, 5) is 105. The zero-order valence-corrected chi connectivity index (χ0v) is 36.4. The minimum atomic E-state index is -1.62. The number of carbonyl (C=O) groups excluding carboxylic acids is 7. The Bertz CT molecular complexity index is 1540. The van der Waals surface area contributed by atoms with Gasteiger partial charge in [-0.05, 0) is 68.1 Å². The number of aliphatic carboxylic acids is 1. The van der Waals surface area contributed by atoms with Crippen molar-refractivity contribution in [2.24, 2.45) is 29.0 Å². The molecule has 0 aliphatic rings. The van der Waals surface area contributed by atoms with Crippen molar-refractivity contribution in [3.63, 3.8) is 0 Å². The molecule has 0 aliphatic heterocycles. The first kappa shape index (κ1) is 52.6. The Morgan fingerprint density at radius 3 is 1.78 bits per heavy atom. The van der Waals surface area contributed by atoms with E-state index < -0.39 is 102 Å². The Morgan fingerprint density at radius 2 is 1.25 bits per heavy atom. The molecule has 0 heterocycles. The number of benzene rings is 1. The van der Waals surface area contributed by atoms with Gasteiger partial charge in [0, 0.05) is 12.2 Å². The summed E-state index contributed by atoms with van der Waals surface area (Å²) < 4.78 is 0. The number of unbranched alkanes of at least 4 members (excludes halogenated alkanes) is 1. The number of thioether (sulfide) groups is 1. The number of carboxylic acid groups (broad SMARTS) is 1. The SMILES string of the molecule is CC[C@H](C)[C@H](NC(=O)[C@H](Cc1ccccc1)NC(=O)[C@H](CC(C)C)NC(=O)[C@H](CCCCN)NC(=O)[C@@H](N)CS)C(=O)N[C@@H](CCSC)C(=O)N[C@@H](CC(N)=O)C(=O)O. The predicted octanol–water partition coefficient (Wildman–Crippen LogP) is -0.671. The maximum Gasteiger partial charge on any atom is 0.326 e. The average Bonchev–Trinajstić information content (AvgIpc) is 3.19. The minimum Gasteiger partial charge on any atom is -0.480 e. The molecule has 59 heavy (non-hydrogen) atoms. The zero-order chi connectivity index (χ0) is 44.7. The van der Waals surface area contributed by atoms with E-state index in [1.54, 1.807) is 50.4 Å². The molecule has 332 valence electrons. The lowest BCUT2D eigenvalue weighted by Gasteiger charge is -2.30. The fraction of sp³-hybridized carbons (Fsp3) is 0.641. The molecule has 1 rings (SSSR count). The van der Waals surface area contributed by atoms with Gasteiger partial charge in [-0.2, -0.15) is 24.4 Å². The third-order valence-electron chi connectivity index (χ3n) is 9.43. The van der Waals surface area contributed by atoms with Gasteiger partial charge in [-0.1, -0.05) is 64.4 Å². The number of carbonyl (C=O) groups is 8. The molecule has 0 unspecified atom stereocenters. The molecule has 20 heteroatoms. The van der Waals surface area contributed by atoms with E-state index in [9.17, 15) is 43.5 Å². The van der Waals surface area contributed by atoms with Crippen LogP contribution >= 0.6 is 24.4 Å². The summed E-state index contributed by atoms with van der Waals surface area (Å²) in [6.07, 6.45) is 3.15. The molecule has 0 fully saturated rings. The van der Waals surface area contributed by atoms with Gasteiger partial charge in [-0.15, -0.1) is 0 Å². The first-order valence-electron chi connectivity index (χ1n) is 19.8. The monoisotopic (exact) mass is 867 g/mol. The first-order chi connectivity index (χ1) is 27.9. The van der Waals surface area contributed by atoms with E-state index in [1.165, 1.54) is 11.8 Å². The number of carboxylic acids is 1. The van der Waals surface area contributed by atoms with Crippen LogP contribution in [0.2, 0.25) is 0 Å². The molecular formula is C39H65N9O9S2. The Kier molecular flexibility index (Phi) is 25.1. The van der Waals surface area contributed by atoms with Crippen LogP contribution in [0.3, 0.4) is 0 Å². The van der Waals surface area contributed by atoms with Crippen molar-refractivity contribution in [2.45, 2.75) is 121 Å². The van der Waals surface area contributed by atoms with Crippen LogP contribution in [0.5, 0.6) is 0 Å². The van der Waals surface area contributed by atoms with Gasteiger partial charge >= 0.3 is 5.97 Å². The van der Waals surface area contributed by atoms with Gasteiger partial charge in [-0.3, -0.25) is 33.6 Å². The lowest BCUT2D eigenvalue weighted by molar-refractivity contribution is -0.143. The molecule has 1 aromatic rings. The highest BCUT2D eigenvalue weighted by Crippen LogP contribution is 2.14. The normalized spacial score (nSPS) is 15.2. The Balaban J connectivity index is 3.46. The topological polar surface area (TPSA) is 307 Å². The summed E-state index contributed by atoms with van der Waals surface area (Å²) in [5.41, 5.74) is 17.3. The van der Waals surface area contributed by atoms with Crippen LogP contribution in [0.15, 0.2) is 30.3 Å². The molecule has 0 aliphatic carbocycles. The minimum absolute atomic E-state index is 0.00415. The maximum absolute atomic E-state index is 14.2. The quantitative estimate of drug-likeness (QED) is 0.0353. The molecular weight excluding hydrogens is 803 g/mol. The van der Waals surface area contributed by atoms with E-state index in [2.05, 4.69) is 44.5 Å². The zero-order valence-electron chi connectivity index (χ0n) is 34.7. The second-order valence-electron chi connectivity index (χ2n) is 14.9. The summed E-state index contributed by atoms with van der Waals surface area (Å²) >= 11 is 5.45. The summed E-state index contributed by atoms with van der Waals surface area (Å²) in [6, 6.07) is 0.416. The fourth-order valence-electron chi connectivity index (χ4n) is 5.83. The van der Waals surface area contributed by atoms with Crippen LogP contribution in [0, 0.1) is 11.8 Å². The first-order valence-corrected chi connectivity index (χ1v) is 21.8. The molecule has 13 N–H and O–H groups in total. The predicted molar refractivity (Wildman–Crippen MR) is 230 cm³/mol. The van der Waals surface area contributed by atoms with Crippen molar-refractivity contribution in [1.82, 2.24) is 31.9 Å². The van der Waals surface area contributed by atoms with Crippen molar-refractivity contribution in [3.8, 4) is 0 Å². The standard InChI is InChI=1S/C39H65N9O9S2/c1-6-23(4)32(38(55)44-27(15-17-59-5)35(52)47-30(39(56)57)20-31(42)49)48-37(54)29(19-24-12-8-7-9-13-24)46-36(53)28(18-22(2)3)45-34(51)26(14-10-11-16-40)43-33(50)25(41)21-58/h7-9,12-13,22-23,25-30,32,58H,6,10-11,14-21,40-41H2,1-5H3,(H2,42,49)(H,43,50)(H,44,55)(H,45,51)(H,46,53)(H,47,52)(H,48,54)(H,56,57)/t23-,25-,26-,27-,28-,29-,30-,32-/m0/s1. The molecule has 8 atom stereocenters. The lowest BCUT2D eigenvalue weighted by atomic mass is 9.96. The Hall–Kier alpha value is -4.40. The second-order valence-corrected chi connectivity index (χ2v) is 16.2. The van der Waals surface area contributed by atoms with Crippen molar-refractivity contribution in [3.05, 3.63) is 35.9 Å². The number of primary amides is 1. The summed E-state index contributed by atoms with van der Waals surface area (Å²) in [6.45, 7) is 7.61. The number of hydrogen-bond donors (Lipinski definition) is 11. The van der Waals surface area contributed by atoms with E-state index in [-0.39, 0.29) is 37.4 Å². The van der Waals surface area contributed by atoms with Crippen LogP contribution in [-0.4, -0.2) is 119 Å². The smallest absolute Gasteiger partial charge is 0.326 e. The Labute approximate surface area is 356 Å².